The number of carbonyl (C=O) groups excluding carboxylic acids is 2. The van der Waals surface area contributed by atoms with Crippen LogP contribution in [0.3, 0.4) is 0 Å². The van der Waals surface area contributed by atoms with Gasteiger partial charge in [0.25, 0.3) is 0 Å². The van der Waals surface area contributed by atoms with Gasteiger partial charge >= 0.3 is 6.03 Å². The molecule has 51 heavy (non-hydrogen) atoms. The van der Waals surface area contributed by atoms with Gasteiger partial charge in [-0.2, -0.15) is 0 Å². The van der Waals surface area contributed by atoms with Gasteiger partial charge in [-0.25, -0.2) is 4.79 Å². The quantitative estimate of drug-likeness (QED) is 0.183. The van der Waals surface area contributed by atoms with Crippen molar-refractivity contribution in [3.05, 3.63) is 107 Å². The van der Waals surface area contributed by atoms with Crippen molar-refractivity contribution in [1.29, 1.82) is 0 Å². The minimum atomic E-state index is -0.612. The highest BCUT2D eigenvalue weighted by Crippen LogP contribution is 2.44. The summed E-state index contributed by atoms with van der Waals surface area (Å²) in [5.74, 6) is 0.720. The Morgan fingerprint density at radius 2 is 1.41 bits per heavy atom. The molecule has 3 fully saturated rings. The highest BCUT2D eigenvalue weighted by Gasteiger charge is 2.46. The van der Waals surface area contributed by atoms with Crippen molar-refractivity contribution < 1.29 is 24.2 Å². The van der Waals surface area contributed by atoms with Crippen LogP contribution in [-0.4, -0.2) is 52.2 Å². The molecule has 0 spiro atoms. The molecule has 4 N–H and O–H groups in total. The minimum absolute atomic E-state index is 0.00870. The molecule has 9 heteroatoms. The first-order valence-corrected chi connectivity index (χ1v) is 18.8. The third-order valence-electron chi connectivity index (χ3n) is 10.8. The van der Waals surface area contributed by atoms with Crippen molar-refractivity contribution in [3.63, 3.8) is 0 Å². The summed E-state index contributed by atoms with van der Waals surface area (Å²) in [6.45, 7) is 9.82. The van der Waals surface area contributed by atoms with Crippen LogP contribution in [0, 0.1) is 11.8 Å². The number of carbonyl (C=O) groups is 2. The number of nitrogens with one attached hydrogen (secondary N) is 3. The number of hydrogen-bond acceptors (Lipinski definition) is 6. The average Bonchev–Trinajstić information content (AvgIpc) is 3.14. The first kappa shape index (κ1) is 37.0. The number of fused-ring (bicyclic) bond motifs is 1. The molecule has 2 heterocycles. The van der Waals surface area contributed by atoms with Crippen molar-refractivity contribution in [2.75, 3.05) is 6.54 Å². The lowest BCUT2D eigenvalue weighted by atomic mass is 9.75. The second kappa shape index (κ2) is 16.7. The summed E-state index contributed by atoms with van der Waals surface area (Å²) in [4.78, 5) is 28.8. The van der Waals surface area contributed by atoms with Gasteiger partial charge in [-0.3, -0.25) is 9.69 Å². The van der Waals surface area contributed by atoms with E-state index >= 15 is 0 Å². The zero-order valence-electron chi connectivity index (χ0n) is 30.6. The van der Waals surface area contributed by atoms with E-state index in [1.54, 1.807) is 0 Å². The van der Waals surface area contributed by atoms with Gasteiger partial charge in [0, 0.05) is 42.7 Å². The van der Waals surface area contributed by atoms with Crippen LogP contribution in [0.2, 0.25) is 0 Å². The Kier molecular flexibility index (Phi) is 12.1. The molecule has 6 rings (SSSR count). The Hall–Kier alpha value is -3.76. The minimum Gasteiger partial charge on any atom is -0.392 e. The molecule has 274 valence electrons. The van der Waals surface area contributed by atoms with Crippen LogP contribution in [0.1, 0.15) is 106 Å². The smallest absolute Gasteiger partial charge is 0.315 e. The molecular weight excluding hydrogens is 640 g/mol. The van der Waals surface area contributed by atoms with Crippen LogP contribution in [0.4, 0.5) is 4.79 Å². The maximum absolute atomic E-state index is 13.8. The van der Waals surface area contributed by atoms with Gasteiger partial charge in [0.05, 0.1) is 24.9 Å². The van der Waals surface area contributed by atoms with E-state index in [1.807, 2.05) is 99.6 Å². The molecule has 3 aliphatic rings. The zero-order valence-corrected chi connectivity index (χ0v) is 30.6. The lowest BCUT2D eigenvalue weighted by molar-refractivity contribution is -0.278. The van der Waals surface area contributed by atoms with Crippen molar-refractivity contribution in [2.45, 2.75) is 122 Å². The Balaban J connectivity index is 1.20. The third kappa shape index (κ3) is 9.57. The number of benzene rings is 3. The number of aliphatic hydroxyl groups excluding tert-OH is 1. The molecule has 3 aromatic carbocycles. The maximum atomic E-state index is 13.8. The van der Waals surface area contributed by atoms with Crippen LogP contribution < -0.4 is 16.0 Å². The molecular formula is C42H56N4O5. The summed E-state index contributed by atoms with van der Waals surface area (Å²) >= 11 is 0. The summed E-state index contributed by atoms with van der Waals surface area (Å²) in [6.07, 6.45) is 5.68. The molecule has 9 nitrogen and oxygen atoms in total. The third-order valence-corrected chi connectivity index (χ3v) is 10.8. The Labute approximate surface area is 303 Å². The van der Waals surface area contributed by atoms with E-state index in [9.17, 15) is 14.7 Å². The Morgan fingerprint density at radius 1 is 0.784 bits per heavy atom. The molecule has 0 bridgehead atoms. The second-order valence-corrected chi connectivity index (χ2v) is 15.7. The lowest BCUT2D eigenvalue weighted by Gasteiger charge is -2.51. The summed E-state index contributed by atoms with van der Waals surface area (Å²) < 4.78 is 13.6. The van der Waals surface area contributed by atoms with Crippen molar-refractivity contribution in [3.8, 4) is 0 Å². The standard InChI is InChI=1S/C42H56N4O5/c1-28-37(26-46-35-13-9-8-12-32(35)22-23-36(46)39(48)45-42(2,3)4)50-40(51-38(28)33-18-16-31(27-47)17-19-33)34-20-14-30(15-21-34)25-44-41(49)43-24-29-10-6-5-7-11-29/h5-7,10-11,14-21,28,32,35-38,40,47H,8-9,12-13,22-27H2,1-4H3,(H,45,48)(H2,43,44,49)/t28-,32+,35+,36+,37+,38+,40+/m0/s1. The summed E-state index contributed by atoms with van der Waals surface area (Å²) in [6, 6.07) is 25.8. The fraction of sp³-hybridized carbons (Fsp3) is 0.524. The van der Waals surface area contributed by atoms with Gasteiger partial charge in [-0.15, -0.1) is 0 Å². The van der Waals surface area contributed by atoms with E-state index in [-0.39, 0.29) is 48.3 Å². The highest BCUT2D eigenvalue weighted by molar-refractivity contribution is 5.82. The van der Waals surface area contributed by atoms with E-state index in [0.717, 1.165) is 47.1 Å². The molecule has 3 aromatic rings. The number of hydrogen-bond donors (Lipinski definition) is 4. The number of ether oxygens (including phenoxy) is 2. The predicted octanol–water partition coefficient (Wildman–Crippen LogP) is 6.91. The topological polar surface area (TPSA) is 112 Å². The summed E-state index contributed by atoms with van der Waals surface area (Å²) in [5, 5.41) is 18.8. The van der Waals surface area contributed by atoms with Crippen molar-refractivity contribution in [1.82, 2.24) is 20.9 Å². The number of likely N-dealkylation sites (tertiary alicyclic amines) is 1. The predicted molar refractivity (Wildman–Crippen MR) is 198 cm³/mol. The molecule has 0 radical (unpaired) electrons. The van der Waals surface area contributed by atoms with Crippen LogP contribution >= 0.6 is 0 Å². The largest absolute Gasteiger partial charge is 0.392 e. The van der Waals surface area contributed by atoms with Gasteiger partial charge in [-0.1, -0.05) is 98.6 Å². The number of nitrogens with zero attached hydrogens (tertiary/aromatic N) is 1. The highest BCUT2D eigenvalue weighted by atomic mass is 16.7. The number of amides is 3. The van der Waals surface area contributed by atoms with Gasteiger partial charge in [0.2, 0.25) is 5.91 Å². The van der Waals surface area contributed by atoms with Gasteiger partial charge in [0.1, 0.15) is 0 Å². The van der Waals surface area contributed by atoms with E-state index in [1.165, 1.54) is 19.3 Å². The van der Waals surface area contributed by atoms with Crippen LogP contribution in [-0.2, 0) is 34.0 Å². The molecule has 1 saturated carbocycles. The van der Waals surface area contributed by atoms with Gasteiger partial charge < -0.3 is 30.5 Å². The fourth-order valence-corrected chi connectivity index (χ4v) is 8.08. The Morgan fingerprint density at radius 3 is 2.08 bits per heavy atom. The van der Waals surface area contributed by atoms with Crippen LogP contribution in [0.15, 0.2) is 78.9 Å². The zero-order chi connectivity index (χ0) is 36.0. The molecule has 3 amide bonds. The summed E-state index contributed by atoms with van der Waals surface area (Å²) in [5.41, 5.74) is 4.50. The molecule has 7 atom stereocenters. The molecule has 1 aliphatic carbocycles. The number of rotatable bonds is 10. The monoisotopic (exact) mass is 696 g/mol. The average molecular weight is 697 g/mol. The molecule has 0 aromatic heterocycles. The molecule has 0 unspecified atom stereocenters. The second-order valence-electron chi connectivity index (χ2n) is 15.7. The normalized spacial score (nSPS) is 26.9. The van der Waals surface area contributed by atoms with Crippen LogP contribution in [0.5, 0.6) is 0 Å². The molecule has 2 saturated heterocycles. The number of aliphatic hydroxyl groups is 1. The number of urea groups is 1. The lowest BCUT2D eigenvalue weighted by Crippen LogP contribution is -2.61. The first-order valence-electron chi connectivity index (χ1n) is 18.8. The van der Waals surface area contributed by atoms with E-state index < -0.39 is 6.29 Å². The van der Waals surface area contributed by atoms with Gasteiger partial charge in [-0.05, 0) is 74.6 Å². The van der Waals surface area contributed by atoms with E-state index in [4.69, 9.17) is 9.47 Å². The number of piperidine rings is 1. The van der Waals surface area contributed by atoms with E-state index in [0.29, 0.717) is 31.6 Å². The maximum Gasteiger partial charge on any atom is 0.315 e. The van der Waals surface area contributed by atoms with Crippen LogP contribution in [0.25, 0.3) is 0 Å². The fourth-order valence-electron chi connectivity index (χ4n) is 8.08. The molecule has 2 aliphatic heterocycles. The summed E-state index contributed by atoms with van der Waals surface area (Å²) in [7, 11) is 0. The van der Waals surface area contributed by atoms with Crippen molar-refractivity contribution >= 4 is 11.9 Å². The van der Waals surface area contributed by atoms with Crippen molar-refractivity contribution in [2.24, 2.45) is 11.8 Å². The Bertz CT molecular complexity index is 1580. The first-order chi connectivity index (χ1) is 24.6. The SMILES string of the molecule is C[C@H]1[C@@H](CN2[C@@H](C(=O)NC(C)(C)C)CC[C@H]3CCCC[C@H]32)O[C@@H](c2ccc(CNC(=O)NCc3ccccc3)cc2)O[C@H]1c1ccc(CO)cc1. The van der Waals surface area contributed by atoms with E-state index in [2.05, 4.69) is 27.8 Å². The van der Waals surface area contributed by atoms with Gasteiger partial charge in [0.15, 0.2) is 6.29 Å².